The Labute approximate surface area is 139 Å². The standard InChI is InChI=1S/C15H11F2N3O3.CH4O/c1-19-13-10(5-9(7-21)18-13)14(22)20(15(19)23)6-8-2-3-11(16)12(17)4-8;1-2/h2-5,7,18H,6H2,1H3;2H,1H3. The molecule has 132 valence electrons. The summed E-state index contributed by atoms with van der Waals surface area (Å²) in [4.78, 5) is 38.2. The maximum absolute atomic E-state index is 13.3. The Hall–Kier alpha value is -3.07. The fourth-order valence-corrected chi connectivity index (χ4v) is 2.42. The molecule has 0 unspecified atom stereocenters. The molecule has 9 heteroatoms. The first-order valence-electron chi connectivity index (χ1n) is 7.08. The van der Waals surface area contributed by atoms with Gasteiger partial charge in [0.15, 0.2) is 17.9 Å². The predicted molar refractivity (Wildman–Crippen MR) is 86.8 cm³/mol. The van der Waals surface area contributed by atoms with Gasteiger partial charge in [-0.05, 0) is 23.8 Å². The van der Waals surface area contributed by atoms with Crippen LogP contribution in [0.25, 0.3) is 11.0 Å². The van der Waals surface area contributed by atoms with Crippen molar-refractivity contribution in [3.63, 3.8) is 0 Å². The van der Waals surface area contributed by atoms with Crippen LogP contribution >= 0.6 is 0 Å². The van der Waals surface area contributed by atoms with E-state index >= 15 is 0 Å². The summed E-state index contributed by atoms with van der Waals surface area (Å²) in [6.45, 7) is -0.208. The van der Waals surface area contributed by atoms with Crippen LogP contribution in [0, 0.1) is 11.6 Å². The number of carbonyl (C=O) groups is 1. The lowest BCUT2D eigenvalue weighted by Gasteiger charge is -2.08. The van der Waals surface area contributed by atoms with Crippen LogP contribution in [-0.4, -0.2) is 32.6 Å². The first kappa shape index (κ1) is 18.3. The van der Waals surface area contributed by atoms with Gasteiger partial charge in [0, 0.05) is 14.2 Å². The lowest BCUT2D eigenvalue weighted by Crippen LogP contribution is -2.39. The third-order valence-corrected chi connectivity index (χ3v) is 3.60. The molecule has 2 N–H and O–H groups in total. The largest absolute Gasteiger partial charge is 0.400 e. The zero-order chi connectivity index (χ0) is 18.7. The maximum Gasteiger partial charge on any atom is 0.332 e. The first-order valence-corrected chi connectivity index (χ1v) is 7.08. The highest BCUT2D eigenvalue weighted by molar-refractivity contribution is 5.85. The smallest absolute Gasteiger partial charge is 0.332 e. The van der Waals surface area contributed by atoms with Crippen LogP contribution in [0.2, 0.25) is 0 Å². The molecule has 0 atom stereocenters. The Balaban J connectivity index is 0.00000109. The Kier molecular flexibility index (Phi) is 5.28. The van der Waals surface area contributed by atoms with E-state index in [9.17, 15) is 23.2 Å². The normalized spacial score (nSPS) is 10.4. The third-order valence-electron chi connectivity index (χ3n) is 3.60. The molecular weight excluding hydrogens is 336 g/mol. The molecule has 0 fully saturated rings. The molecule has 25 heavy (non-hydrogen) atoms. The van der Waals surface area contributed by atoms with Crippen molar-refractivity contribution in [1.29, 1.82) is 0 Å². The minimum Gasteiger partial charge on any atom is -0.400 e. The number of carbonyl (C=O) groups excluding carboxylic acids is 1. The number of aliphatic hydroxyl groups is 1. The highest BCUT2D eigenvalue weighted by Gasteiger charge is 2.14. The summed E-state index contributed by atoms with van der Waals surface area (Å²) in [6, 6.07) is 4.49. The molecule has 2 heterocycles. The molecule has 3 aromatic rings. The lowest BCUT2D eigenvalue weighted by atomic mass is 10.2. The van der Waals surface area contributed by atoms with Crippen LogP contribution in [0.5, 0.6) is 0 Å². The average Bonchev–Trinajstić information content (AvgIpc) is 3.06. The second kappa shape index (κ2) is 7.22. The van der Waals surface area contributed by atoms with E-state index in [1.807, 2.05) is 0 Å². The van der Waals surface area contributed by atoms with Gasteiger partial charge in [-0.15, -0.1) is 0 Å². The molecule has 2 aromatic heterocycles. The van der Waals surface area contributed by atoms with Gasteiger partial charge in [-0.3, -0.25) is 18.7 Å². The zero-order valence-electron chi connectivity index (χ0n) is 13.4. The van der Waals surface area contributed by atoms with Gasteiger partial charge < -0.3 is 10.1 Å². The molecule has 0 saturated carbocycles. The number of benzene rings is 1. The van der Waals surface area contributed by atoms with Crippen molar-refractivity contribution in [2.45, 2.75) is 6.54 Å². The molecule has 0 aliphatic carbocycles. The number of H-pyrrole nitrogens is 1. The van der Waals surface area contributed by atoms with Crippen molar-refractivity contribution in [2.75, 3.05) is 7.11 Å². The summed E-state index contributed by atoms with van der Waals surface area (Å²) in [5.74, 6) is -2.07. The number of aliphatic hydroxyl groups excluding tert-OH is 1. The highest BCUT2D eigenvalue weighted by atomic mass is 19.2. The Morgan fingerprint density at radius 2 is 1.84 bits per heavy atom. The second-order valence-corrected chi connectivity index (χ2v) is 5.09. The molecule has 3 rings (SSSR count). The fraction of sp³-hybridized carbons (Fsp3) is 0.188. The van der Waals surface area contributed by atoms with Gasteiger partial charge in [0.2, 0.25) is 0 Å². The van der Waals surface area contributed by atoms with E-state index in [1.165, 1.54) is 23.7 Å². The van der Waals surface area contributed by atoms with Gasteiger partial charge in [-0.2, -0.15) is 0 Å². The number of hydrogen-bond donors (Lipinski definition) is 2. The number of aryl methyl sites for hydroxylation is 1. The van der Waals surface area contributed by atoms with Crippen molar-refractivity contribution >= 4 is 17.3 Å². The highest BCUT2D eigenvalue weighted by Crippen LogP contribution is 2.11. The van der Waals surface area contributed by atoms with Crippen LogP contribution in [-0.2, 0) is 13.6 Å². The van der Waals surface area contributed by atoms with Crippen LogP contribution in [0.3, 0.4) is 0 Å². The number of fused-ring (bicyclic) bond motifs is 1. The molecule has 0 amide bonds. The molecule has 0 aliphatic heterocycles. The predicted octanol–water partition coefficient (Wildman–Crippen LogP) is 0.776. The van der Waals surface area contributed by atoms with Crippen LogP contribution in [0.1, 0.15) is 16.1 Å². The molecule has 1 aromatic carbocycles. The van der Waals surface area contributed by atoms with E-state index in [2.05, 4.69) is 4.98 Å². The summed E-state index contributed by atoms with van der Waals surface area (Å²) >= 11 is 0. The molecule has 0 saturated heterocycles. The van der Waals surface area contributed by atoms with Gasteiger partial charge in [0.25, 0.3) is 5.56 Å². The van der Waals surface area contributed by atoms with Crippen LogP contribution in [0.4, 0.5) is 8.78 Å². The zero-order valence-corrected chi connectivity index (χ0v) is 13.4. The summed E-state index contributed by atoms with van der Waals surface area (Å²) < 4.78 is 28.3. The molecule has 0 bridgehead atoms. The van der Waals surface area contributed by atoms with Crippen molar-refractivity contribution in [1.82, 2.24) is 14.1 Å². The summed E-state index contributed by atoms with van der Waals surface area (Å²) in [7, 11) is 2.44. The SMILES string of the molecule is CO.Cn1c(=O)n(Cc2ccc(F)c(F)c2)c(=O)c2cc(C=O)[nH]c21. The van der Waals surface area contributed by atoms with Gasteiger partial charge in [0.1, 0.15) is 5.65 Å². The Morgan fingerprint density at radius 1 is 1.16 bits per heavy atom. The number of aromatic nitrogens is 3. The topological polar surface area (TPSA) is 97.1 Å². The number of aromatic amines is 1. The Bertz CT molecular complexity index is 1050. The van der Waals surface area contributed by atoms with Gasteiger partial charge in [0.05, 0.1) is 17.6 Å². The van der Waals surface area contributed by atoms with Crippen molar-refractivity contribution < 1.29 is 18.7 Å². The van der Waals surface area contributed by atoms with Crippen molar-refractivity contribution in [3.05, 3.63) is 68.0 Å². The monoisotopic (exact) mass is 351 g/mol. The van der Waals surface area contributed by atoms with Crippen molar-refractivity contribution in [2.24, 2.45) is 7.05 Å². The van der Waals surface area contributed by atoms with Gasteiger partial charge >= 0.3 is 5.69 Å². The van der Waals surface area contributed by atoms with E-state index < -0.39 is 22.9 Å². The van der Waals surface area contributed by atoms with Crippen LogP contribution in [0.15, 0.2) is 33.9 Å². The molecule has 0 radical (unpaired) electrons. The number of nitrogens with one attached hydrogen (secondary N) is 1. The summed E-state index contributed by atoms with van der Waals surface area (Å²) in [5.41, 5.74) is -0.585. The second-order valence-electron chi connectivity index (χ2n) is 5.09. The van der Waals surface area contributed by atoms with E-state index in [4.69, 9.17) is 5.11 Å². The van der Waals surface area contributed by atoms with E-state index in [-0.39, 0.29) is 28.8 Å². The van der Waals surface area contributed by atoms with Gasteiger partial charge in [-0.1, -0.05) is 6.07 Å². The summed E-state index contributed by atoms with van der Waals surface area (Å²) in [6.07, 6.45) is 0.531. The maximum atomic E-state index is 13.3. The minimum absolute atomic E-state index is 0.164. The average molecular weight is 351 g/mol. The Morgan fingerprint density at radius 3 is 2.44 bits per heavy atom. The van der Waals surface area contributed by atoms with E-state index in [0.717, 1.165) is 23.8 Å². The fourth-order valence-electron chi connectivity index (χ4n) is 2.42. The van der Waals surface area contributed by atoms with E-state index in [1.54, 1.807) is 0 Å². The lowest BCUT2D eigenvalue weighted by molar-refractivity contribution is 0.111. The third kappa shape index (κ3) is 3.26. The van der Waals surface area contributed by atoms with Gasteiger partial charge in [-0.25, -0.2) is 13.6 Å². The van der Waals surface area contributed by atoms with E-state index in [0.29, 0.717) is 6.29 Å². The number of nitrogens with zero attached hydrogens (tertiary/aromatic N) is 2. The molecular formula is C16H15F2N3O4. The molecule has 7 nitrogen and oxygen atoms in total. The number of rotatable bonds is 3. The van der Waals surface area contributed by atoms with Crippen molar-refractivity contribution in [3.8, 4) is 0 Å². The number of aldehydes is 1. The molecule has 0 spiro atoms. The van der Waals surface area contributed by atoms with Crippen LogP contribution < -0.4 is 11.2 Å². The number of hydrogen-bond acceptors (Lipinski definition) is 4. The number of halogens is 2. The molecule has 0 aliphatic rings. The first-order chi connectivity index (χ1) is 11.9. The quantitative estimate of drug-likeness (QED) is 0.682. The summed E-state index contributed by atoms with van der Waals surface area (Å²) in [5, 5.41) is 7.16. The minimum atomic E-state index is -1.06.